The fraction of sp³-hybridized carbons (Fsp3) is 0.545. The van der Waals surface area contributed by atoms with Crippen LogP contribution in [-0.4, -0.2) is 34.5 Å². The van der Waals surface area contributed by atoms with Gasteiger partial charge in [-0.15, -0.1) is 6.58 Å². The van der Waals surface area contributed by atoms with Crippen LogP contribution in [0.2, 0.25) is 0 Å². The van der Waals surface area contributed by atoms with Crippen molar-refractivity contribution in [3.8, 4) is 0 Å². The molecule has 0 aromatic rings. The van der Waals surface area contributed by atoms with Crippen LogP contribution in [0.3, 0.4) is 0 Å². The third-order valence-corrected chi connectivity index (χ3v) is 1.62. The minimum atomic E-state index is -0.835. The number of nitrogens with zero attached hydrogens (tertiary/aromatic N) is 2. The van der Waals surface area contributed by atoms with Crippen LogP contribution in [0.1, 0.15) is 27.2 Å². The molecule has 0 aliphatic heterocycles. The van der Waals surface area contributed by atoms with Crippen molar-refractivity contribution in [1.82, 2.24) is 5.32 Å². The van der Waals surface area contributed by atoms with Crippen molar-refractivity contribution in [2.45, 2.75) is 38.8 Å². The van der Waals surface area contributed by atoms with Crippen molar-refractivity contribution in [3.05, 3.63) is 18.2 Å². The average Bonchev–Trinajstić information content (AvgIpc) is 2.14. The van der Waals surface area contributed by atoms with Crippen molar-refractivity contribution in [3.63, 3.8) is 0 Å². The van der Waals surface area contributed by atoms with Gasteiger partial charge in [0.15, 0.2) is 0 Å². The largest absolute Gasteiger partial charge is 0.444 e. The molecule has 0 unspecified atom stereocenters. The predicted octanol–water partition coefficient (Wildman–Crippen LogP) is 1.33. The van der Waals surface area contributed by atoms with Crippen molar-refractivity contribution in [2.24, 2.45) is 0 Å². The van der Waals surface area contributed by atoms with Crippen LogP contribution >= 0.6 is 0 Å². The van der Waals surface area contributed by atoms with E-state index in [0.29, 0.717) is 0 Å². The summed E-state index contributed by atoms with van der Waals surface area (Å²) in [6.45, 7) is 8.62. The smallest absolute Gasteiger partial charge is 0.408 e. The van der Waals surface area contributed by atoms with Crippen LogP contribution in [0.25, 0.3) is 5.53 Å². The zero-order valence-corrected chi connectivity index (χ0v) is 10.3. The Balaban J connectivity index is 4.54. The van der Waals surface area contributed by atoms with Gasteiger partial charge in [-0.2, -0.15) is 4.79 Å². The van der Waals surface area contributed by atoms with Gasteiger partial charge >= 0.3 is 12.3 Å². The number of hydrogen-bond acceptors (Lipinski definition) is 3. The molecule has 6 heteroatoms. The van der Waals surface area contributed by atoms with Crippen LogP contribution in [0.4, 0.5) is 4.79 Å². The Labute approximate surface area is 100 Å². The number of hydrogen-bond donors (Lipinski definition) is 1. The van der Waals surface area contributed by atoms with Gasteiger partial charge in [0.1, 0.15) is 11.6 Å². The van der Waals surface area contributed by atoms with E-state index >= 15 is 0 Å². The van der Waals surface area contributed by atoms with Gasteiger partial charge in [-0.25, -0.2) is 4.79 Å². The van der Waals surface area contributed by atoms with Gasteiger partial charge in [0.25, 0.3) is 5.78 Å². The summed E-state index contributed by atoms with van der Waals surface area (Å²) in [5, 5.41) is 2.37. The van der Waals surface area contributed by atoms with E-state index in [4.69, 9.17) is 10.3 Å². The van der Waals surface area contributed by atoms with Gasteiger partial charge in [-0.3, -0.25) is 4.79 Å². The molecule has 0 aromatic heterocycles. The maximum atomic E-state index is 11.4. The maximum absolute atomic E-state index is 11.4. The molecule has 1 N–H and O–H groups in total. The standard InChI is InChI=1S/C11H17N3O3/c1-5-6-8(9(15)7-13-12)14-10(16)17-11(2,3)4/h5,7-8H,1,6H2,2-4H3,(H,14,16)/t8-/m0/s1. The van der Waals surface area contributed by atoms with E-state index < -0.39 is 23.5 Å². The van der Waals surface area contributed by atoms with Gasteiger partial charge in [0.2, 0.25) is 0 Å². The molecule has 6 nitrogen and oxygen atoms in total. The summed E-state index contributed by atoms with van der Waals surface area (Å²) < 4.78 is 5.00. The summed E-state index contributed by atoms with van der Waals surface area (Å²) in [6.07, 6.45) is 1.73. The topological polar surface area (TPSA) is 91.8 Å². The van der Waals surface area contributed by atoms with Crippen LogP contribution < -0.4 is 5.32 Å². The molecule has 1 amide bonds. The molecule has 0 aromatic carbocycles. The normalized spacial score (nSPS) is 11.9. The SMILES string of the molecule is C=CC[C@H](NC(=O)OC(C)(C)C)C(=O)C=[N+]=[N-]. The molecule has 1 atom stereocenters. The van der Waals surface area contributed by atoms with Gasteiger partial charge < -0.3 is 15.6 Å². The minimum absolute atomic E-state index is 0.226. The third kappa shape index (κ3) is 7.03. The van der Waals surface area contributed by atoms with Crippen molar-refractivity contribution in [2.75, 3.05) is 0 Å². The summed E-state index contributed by atoms with van der Waals surface area (Å²) in [5.74, 6) is -0.529. The molecule has 0 aliphatic carbocycles. The summed E-state index contributed by atoms with van der Waals surface area (Å²) in [5.41, 5.74) is 7.61. The first kappa shape index (κ1) is 15.1. The molecule has 0 fully saturated rings. The predicted molar refractivity (Wildman–Crippen MR) is 62.7 cm³/mol. The number of Topliss-reactive ketones (excluding diaryl/α,β-unsaturated/α-hetero) is 1. The molecule has 0 saturated heterocycles. The second-order valence-corrected chi connectivity index (χ2v) is 4.37. The zero-order chi connectivity index (χ0) is 13.5. The molecule has 0 heterocycles. The third-order valence-electron chi connectivity index (χ3n) is 1.62. The Hall–Kier alpha value is -1.94. The molecule has 0 bridgehead atoms. The lowest BCUT2D eigenvalue weighted by Crippen LogP contribution is -2.43. The lowest BCUT2D eigenvalue weighted by Gasteiger charge is -2.21. The molecular weight excluding hydrogens is 222 g/mol. The first-order valence-corrected chi connectivity index (χ1v) is 5.12. The van der Waals surface area contributed by atoms with Crippen molar-refractivity contribution < 1.29 is 19.1 Å². The van der Waals surface area contributed by atoms with Crippen LogP contribution in [0.5, 0.6) is 0 Å². The molecule has 0 rings (SSSR count). The first-order chi connectivity index (χ1) is 7.80. The first-order valence-electron chi connectivity index (χ1n) is 5.12. The Bertz CT molecular complexity index is 351. The fourth-order valence-corrected chi connectivity index (χ4v) is 1.01. The lowest BCUT2D eigenvalue weighted by atomic mass is 10.1. The second-order valence-electron chi connectivity index (χ2n) is 4.37. The lowest BCUT2D eigenvalue weighted by molar-refractivity contribution is -0.117. The van der Waals surface area contributed by atoms with E-state index in [2.05, 4.69) is 16.7 Å². The van der Waals surface area contributed by atoms with Gasteiger partial charge in [0, 0.05) is 0 Å². The number of carbonyl (C=O) groups is 2. The van der Waals surface area contributed by atoms with Gasteiger partial charge in [0.05, 0.1) is 0 Å². The van der Waals surface area contributed by atoms with Gasteiger partial charge in [-0.1, -0.05) is 6.08 Å². The number of amides is 1. The van der Waals surface area contributed by atoms with Crippen LogP contribution in [-0.2, 0) is 9.53 Å². The number of nitrogens with one attached hydrogen (secondary N) is 1. The molecule has 0 aliphatic rings. The Morgan fingerprint density at radius 1 is 1.53 bits per heavy atom. The molecule has 17 heavy (non-hydrogen) atoms. The number of rotatable bonds is 5. The number of ketones is 1. The van der Waals surface area contributed by atoms with Crippen LogP contribution in [0.15, 0.2) is 12.7 Å². The molecule has 0 radical (unpaired) electrons. The molecular formula is C11H17N3O3. The quantitative estimate of drug-likeness (QED) is 0.339. The van der Waals surface area contributed by atoms with Crippen molar-refractivity contribution in [1.29, 1.82) is 0 Å². The highest BCUT2D eigenvalue weighted by Crippen LogP contribution is 2.07. The second kappa shape index (κ2) is 6.60. The summed E-state index contributed by atoms with van der Waals surface area (Å²) in [7, 11) is 0. The van der Waals surface area contributed by atoms with E-state index in [1.807, 2.05) is 0 Å². The van der Waals surface area contributed by atoms with E-state index in [1.54, 1.807) is 20.8 Å². The summed E-state index contributed by atoms with van der Waals surface area (Å²) in [4.78, 5) is 25.5. The van der Waals surface area contributed by atoms with Crippen molar-refractivity contribution >= 4 is 18.1 Å². The molecule has 94 valence electrons. The Morgan fingerprint density at radius 3 is 2.53 bits per heavy atom. The zero-order valence-electron chi connectivity index (χ0n) is 10.3. The van der Waals surface area contributed by atoms with E-state index in [1.165, 1.54) is 6.08 Å². The maximum Gasteiger partial charge on any atom is 0.408 e. The summed E-state index contributed by atoms with van der Waals surface area (Å²) in [6, 6.07) is -0.835. The molecule has 0 saturated carbocycles. The highest BCUT2D eigenvalue weighted by molar-refractivity contribution is 6.28. The highest BCUT2D eigenvalue weighted by Gasteiger charge is 2.24. The van der Waals surface area contributed by atoms with E-state index in [-0.39, 0.29) is 6.42 Å². The number of alkyl carbamates (subject to hydrolysis) is 1. The van der Waals surface area contributed by atoms with E-state index in [0.717, 1.165) is 6.21 Å². The van der Waals surface area contributed by atoms with Gasteiger partial charge in [-0.05, 0) is 27.2 Å². The fourth-order valence-electron chi connectivity index (χ4n) is 1.01. The monoisotopic (exact) mass is 239 g/mol. The Morgan fingerprint density at radius 2 is 2.12 bits per heavy atom. The van der Waals surface area contributed by atoms with E-state index in [9.17, 15) is 9.59 Å². The number of ether oxygens (including phenoxy) is 1. The minimum Gasteiger partial charge on any atom is -0.444 e. The summed E-state index contributed by atoms with van der Waals surface area (Å²) >= 11 is 0. The molecule has 0 spiro atoms. The average molecular weight is 239 g/mol. The highest BCUT2D eigenvalue weighted by atomic mass is 16.6. The number of carbonyl (C=O) groups excluding carboxylic acids is 2. The van der Waals surface area contributed by atoms with Crippen LogP contribution in [0, 0.1) is 0 Å². The Kier molecular flexibility index (Phi) is 5.85.